The molecule has 0 unspecified atom stereocenters. The summed E-state index contributed by atoms with van der Waals surface area (Å²) in [6.45, 7) is 0. The third-order valence-corrected chi connectivity index (χ3v) is 7.72. The van der Waals surface area contributed by atoms with E-state index < -0.39 is 0 Å². The standard InChI is InChI=1S/C31H19NS/c1-2-8-20(9-3-1)23-17-18-25(29-26-12-4-5-14-27(26)33-31(23)29)24-13-6-10-21-15-16-22-11-7-19-32-30(22)28(21)24/h1-19H. The van der Waals surface area contributed by atoms with Gasteiger partial charge in [-0.15, -0.1) is 11.3 Å². The Balaban J connectivity index is 1.65. The highest BCUT2D eigenvalue weighted by Gasteiger charge is 2.17. The molecule has 33 heavy (non-hydrogen) atoms. The monoisotopic (exact) mass is 437 g/mol. The Hall–Kier alpha value is -4.01. The van der Waals surface area contributed by atoms with Gasteiger partial charge in [0.2, 0.25) is 0 Å². The Morgan fingerprint density at radius 3 is 2.21 bits per heavy atom. The average Bonchev–Trinajstić information content (AvgIpc) is 3.28. The van der Waals surface area contributed by atoms with E-state index in [-0.39, 0.29) is 0 Å². The van der Waals surface area contributed by atoms with E-state index in [4.69, 9.17) is 4.98 Å². The number of aromatic nitrogens is 1. The maximum absolute atomic E-state index is 4.79. The largest absolute Gasteiger partial charge is 0.256 e. The van der Waals surface area contributed by atoms with Gasteiger partial charge in [-0.2, -0.15) is 0 Å². The Morgan fingerprint density at radius 2 is 1.27 bits per heavy atom. The SMILES string of the molecule is c1ccc(-c2ccc(-c3cccc4ccc5cccnc5c34)c3c2sc2ccccc23)cc1. The van der Waals surface area contributed by atoms with Crippen LogP contribution in [0.4, 0.5) is 0 Å². The molecule has 7 rings (SSSR count). The summed E-state index contributed by atoms with van der Waals surface area (Å²) >= 11 is 1.89. The van der Waals surface area contributed by atoms with Crippen LogP contribution in [0.3, 0.4) is 0 Å². The Labute approximate surface area is 195 Å². The van der Waals surface area contributed by atoms with Crippen LogP contribution in [0.15, 0.2) is 115 Å². The summed E-state index contributed by atoms with van der Waals surface area (Å²) in [7, 11) is 0. The quantitative estimate of drug-likeness (QED) is 0.246. The highest BCUT2D eigenvalue weighted by Crippen LogP contribution is 2.46. The van der Waals surface area contributed by atoms with Crippen molar-refractivity contribution in [2.24, 2.45) is 0 Å². The first-order chi connectivity index (χ1) is 16.4. The summed E-state index contributed by atoms with van der Waals surface area (Å²) in [6, 6.07) is 39.2. The third kappa shape index (κ3) is 2.81. The number of hydrogen-bond donors (Lipinski definition) is 0. The summed E-state index contributed by atoms with van der Waals surface area (Å²) in [4.78, 5) is 4.79. The Morgan fingerprint density at radius 1 is 0.515 bits per heavy atom. The molecule has 0 saturated heterocycles. The molecule has 0 N–H and O–H groups in total. The topological polar surface area (TPSA) is 12.9 Å². The van der Waals surface area contributed by atoms with Crippen LogP contribution < -0.4 is 0 Å². The predicted molar refractivity (Wildman–Crippen MR) is 143 cm³/mol. The molecule has 2 heteroatoms. The summed E-state index contributed by atoms with van der Waals surface area (Å²) < 4.78 is 2.66. The molecule has 0 aliphatic carbocycles. The van der Waals surface area contributed by atoms with Gasteiger partial charge in [-0.3, -0.25) is 4.98 Å². The predicted octanol–water partition coefficient (Wildman–Crippen LogP) is 9.09. The molecule has 1 nitrogen and oxygen atoms in total. The molecular formula is C31H19NS. The van der Waals surface area contributed by atoms with Crippen molar-refractivity contribution in [3.8, 4) is 22.3 Å². The summed E-state index contributed by atoms with van der Waals surface area (Å²) in [5, 5.41) is 6.26. The smallest absolute Gasteiger partial charge is 0.0786 e. The van der Waals surface area contributed by atoms with Crippen LogP contribution in [-0.4, -0.2) is 4.98 Å². The molecule has 0 spiro atoms. The van der Waals surface area contributed by atoms with Gasteiger partial charge in [-0.1, -0.05) is 97.1 Å². The first kappa shape index (κ1) is 18.6. The maximum Gasteiger partial charge on any atom is 0.0786 e. The van der Waals surface area contributed by atoms with Gasteiger partial charge in [-0.25, -0.2) is 0 Å². The van der Waals surface area contributed by atoms with Gasteiger partial charge in [0, 0.05) is 37.1 Å². The number of thiophene rings is 1. The van der Waals surface area contributed by atoms with Crippen molar-refractivity contribution in [1.82, 2.24) is 4.98 Å². The van der Waals surface area contributed by atoms with Crippen LogP contribution in [0, 0.1) is 0 Å². The molecule has 7 aromatic rings. The molecule has 0 aliphatic heterocycles. The zero-order valence-electron chi connectivity index (χ0n) is 17.8. The van der Waals surface area contributed by atoms with Gasteiger partial charge in [0.05, 0.1) is 5.52 Å². The minimum atomic E-state index is 1.06. The van der Waals surface area contributed by atoms with E-state index in [0.717, 1.165) is 5.52 Å². The summed E-state index contributed by atoms with van der Waals surface area (Å²) in [6.07, 6.45) is 1.90. The normalized spacial score (nSPS) is 11.6. The first-order valence-electron chi connectivity index (χ1n) is 11.1. The first-order valence-corrected chi connectivity index (χ1v) is 12.0. The van der Waals surface area contributed by atoms with E-state index in [0.29, 0.717) is 0 Å². The van der Waals surface area contributed by atoms with Crippen molar-refractivity contribution in [1.29, 1.82) is 0 Å². The van der Waals surface area contributed by atoms with E-state index in [2.05, 4.69) is 103 Å². The van der Waals surface area contributed by atoms with Crippen LogP contribution in [-0.2, 0) is 0 Å². The second kappa shape index (κ2) is 7.26. The fraction of sp³-hybridized carbons (Fsp3) is 0. The van der Waals surface area contributed by atoms with Gasteiger partial charge in [0.25, 0.3) is 0 Å². The van der Waals surface area contributed by atoms with Gasteiger partial charge in [-0.05, 0) is 39.8 Å². The molecule has 0 radical (unpaired) electrons. The third-order valence-electron chi connectivity index (χ3n) is 6.52. The number of fused-ring (bicyclic) bond motifs is 6. The fourth-order valence-electron chi connectivity index (χ4n) is 5.04. The van der Waals surface area contributed by atoms with Crippen LogP contribution in [0.5, 0.6) is 0 Å². The van der Waals surface area contributed by atoms with Crippen molar-refractivity contribution in [3.05, 3.63) is 115 Å². The molecule has 0 fully saturated rings. The number of benzene rings is 5. The highest BCUT2D eigenvalue weighted by atomic mass is 32.1. The lowest BCUT2D eigenvalue weighted by molar-refractivity contribution is 1.43. The second-order valence-electron chi connectivity index (χ2n) is 8.37. The van der Waals surface area contributed by atoms with Crippen LogP contribution in [0.2, 0.25) is 0 Å². The highest BCUT2D eigenvalue weighted by molar-refractivity contribution is 7.26. The molecule has 0 saturated carbocycles. The lowest BCUT2D eigenvalue weighted by atomic mass is 9.91. The van der Waals surface area contributed by atoms with Crippen molar-refractivity contribution >= 4 is 53.2 Å². The van der Waals surface area contributed by atoms with Crippen LogP contribution >= 0.6 is 11.3 Å². The van der Waals surface area contributed by atoms with Gasteiger partial charge in [0.15, 0.2) is 0 Å². The van der Waals surface area contributed by atoms with E-state index >= 15 is 0 Å². The molecule has 0 aliphatic rings. The number of rotatable bonds is 2. The van der Waals surface area contributed by atoms with Crippen molar-refractivity contribution in [2.45, 2.75) is 0 Å². The molecule has 2 aromatic heterocycles. The lowest BCUT2D eigenvalue weighted by Crippen LogP contribution is -1.88. The molecule has 0 bridgehead atoms. The minimum Gasteiger partial charge on any atom is -0.256 e. The van der Waals surface area contributed by atoms with Crippen LogP contribution in [0.1, 0.15) is 0 Å². The average molecular weight is 438 g/mol. The van der Waals surface area contributed by atoms with Crippen molar-refractivity contribution in [2.75, 3.05) is 0 Å². The number of pyridine rings is 1. The number of nitrogens with zero attached hydrogens (tertiary/aromatic N) is 1. The zero-order chi connectivity index (χ0) is 21.8. The van der Waals surface area contributed by atoms with Crippen LogP contribution in [0.25, 0.3) is 64.1 Å². The van der Waals surface area contributed by atoms with Gasteiger partial charge in [0.1, 0.15) is 0 Å². The molecule has 0 atom stereocenters. The van der Waals surface area contributed by atoms with E-state index in [1.165, 1.54) is 58.6 Å². The Kier molecular flexibility index (Phi) is 4.08. The summed E-state index contributed by atoms with van der Waals surface area (Å²) in [5.41, 5.74) is 6.12. The van der Waals surface area contributed by atoms with Crippen molar-refractivity contribution in [3.63, 3.8) is 0 Å². The zero-order valence-corrected chi connectivity index (χ0v) is 18.6. The molecular weight excluding hydrogens is 418 g/mol. The molecule has 0 amide bonds. The Bertz CT molecular complexity index is 1810. The molecule has 2 heterocycles. The van der Waals surface area contributed by atoms with E-state index in [1.54, 1.807) is 0 Å². The number of hydrogen-bond acceptors (Lipinski definition) is 2. The maximum atomic E-state index is 4.79. The minimum absolute atomic E-state index is 1.06. The summed E-state index contributed by atoms with van der Waals surface area (Å²) in [5.74, 6) is 0. The second-order valence-corrected chi connectivity index (χ2v) is 9.43. The van der Waals surface area contributed by atoms with Crippen molar-refractivity contribution < 1.29 is 0 Å². The fourth-order valence-corrected chi connectivity index (χ4v) is 6.30. The van der Waals surface area contributed by atoms with Gasteiger partial charge >= 0.3 is 0 Å². The lowest BCUT2D eigenvalue weighted by Gasteiger charge is -2.13. The van der Waals surface area contributed by atoms with E-state index in [9.17, 15) is 0 Å². The molecule has 5 aromatic carbocycles. The molecule has 154 valence electrons. The van der Waals surface area contributed by atoms with Gasteiger partial charge < -0.3 is 0 Å². The van der Waals surface area contributed by atoms with E-state index in [1.807, 2.05) is 23.6 Å².